The van der Waals surface area contributed by atoms with Crippen LogP contribution in [0.1, 0.15) is 25.5 Å². The average Bonchev–Trinajstić information content (AvgIpc) is 2.18. The van der Waals surface area contributed by atoms with E-state index in [2.05, 4.69) is 0 Å². The molecule has 1 aliphatic rings. The molecule has 0 aliphatic carbocycles. The Balaban J connectivity index is 0.00000144. The molecule has 2 atom stereocenters. The number of halogens is 3. The summed E-state index contributed by atoms with van der Waals surface area (Å²) in [6, 6.07) is 1.89. The van der Waals surface area contributed by atoms with Crippen molar-refractivity contribution in [1.29, 1.82) is 0 Å². The summed E-state index contributed by atoms with van der Waals surface area (Å²) >= 11 is 5.70. The van der Waals surface area contributed by atoms with Gasteiger partial charge in [0.2, 0.25) is 0 Å². The van der Waals surface area contributed by atoms with Gasteiger partial charge in [-0.2, -0.15) is 0 Å². The number of ether oxygens (including phenoxy) is 1. The largest absolute Gasteiger partial charge is 0.486 e. The van der Waals surface area contributed by atoms with Crippen molar-refractivity contribution in [1.82, 2.24) is 0 Å². The van der Waals surface area contributed by atoms with Crippen molar-refractivity contribution in [2.24, 2.45) is 11.5 Å². The molecule has 0 amide bonds. The van der Waals surface area contributed by atoms with Crippen LogP contribution in [0.15, 0.2) is 12.1 Å². The number of hydrogen-bond donors (Lipinski definition) is 2. The average molecular weight is 281 g/mol. The molecule has 4 N–H and O–H groups in total. The molecule has 0 bridgehead atoms. The predicted molar refractivity (Wildman–Crippen MR) is 68.3 cm³/mol. The molecule has 1 aromatic rings. The third-order valence-corrected chi connectivity index (χ3v) is 3.26. The second kappa shape index (κ2) is 4.61. The summed E-state index contributed by atoms with van der Waals surface area (Å²) in [5.41, 5.74) is 11.9. The van der Waals surface area contributed by atoms with Crippen LogP contribution in [0.2, 0.25) is 5.02 Å². The van der Waals surface area contributed by atoms with Gasteiger partial charge in [0.15, 0.2) is 0 Å². The van der Waals surface area contributed by atoms with E-state index in [0.29, 0.717) is 11.3 Å². The van der Waals surface area contributed by atoms with Crippen molar-refractivity contribution < 1.29 is 9.13 Å². The molecule has 1 heterocycles. The van der Waals surface area contributed by atoms with Crippen LogP contribution in [0.4, 0.5) is 4.39 Å². The molecule has 0 fully saturated rings. The minimum atomic E-state index is -0.590. The van der Waals surface area contributed by atoms with Crippen molar-refractivity contribution in [2.45, 2.75) is 31.5 Å². The highest BCUT2D eigenvalue weighted by Gasteiger charge is 2.40. The van der Waals surface area contributed by atoms with Crippen LogP contribution in [0.25, 0.3) is 0 Å². The topological polar surface area (TPSA) is 61.3 Å². The van der Waals surface area contributed by atoms with Gasteiger partial charge in [-0.15, -0.1) is 12.4 Å². The summed E-state index contributed by atoms with van der Waals surface area (Å²) in [6.07, 6.45) is 0. The zero-order valence-electron chi connectivity index (χ0n) is 9.54. The Morgan fingerprint density at radius 3 is 2.53 bits per heavy atom. The molecule has 0 saturated carbocycles. The first kappa shape index (κ1) is 14.5. The molecule has 6 heteroatoms. The van der Waals surface area contributed by atoms with Gasteiger partial charge in [0, 0.05) is 11.6 Å². The summed E-state index contributed by atoms with van der Waals surface area (Å²) in [7, 11) is 0. The zero-order chi connectivity index (χ0) is 12.1. The summed E-state index contributed by atoms with van der Waals surface area (Å²) in [4.78, 5) is 0. The smallest absolute Gasteiger partial charge is 0.142 e. The molecule has 2 unspecified atom stereocenters. The number of nitrogens with two attached hydrogens (primary N) is 2. The minimum Gasteiger partial charge on any atom is -0.486 e. The van der Waals surface area contributed by atoms with Crippen molar-refractivity contribution in [3.05, 3.63) is 28.5 Å². The lowest BCUT2D eigenvalue weighted by Gasteiger charge is -2.41. The van der Waals surface area contributed by atoms with E-state index in [4.69, 9.17) is 27.8 Å². The maximum absolute atomic E-state index is 13.3. The zero-order valence-corrected chi connectivity index (χ0v) is 11.1. The quantitative estimate of drug-likeness (QED) is 0.767. The third-order valence-electron chi connectivity index (χ3n) is 2.97. The van der Waals surface area contributed by atoms with E-state index in [1.165, 1.54) is 12.1 Å². The van der Waals surface area contributed by atoms with E-state index in [-0.39, 0.29) is 23.5 Å². The van der Waals surface area contributed by atoms with Crippen molar-refractivity contribution in [2.75, 3.05) is 0 Å². The molecular weight excluding hydrogens is 266 g/mol. The Kier molecular flexibility index (Phi) is 3.94. The highest BCUT2D eigenvalue weighted by molar-refractivity contribution is 6.30. The normalized spacial score (nSPS) is 25.5. The lowest BCUT2D eigenvalue weighted by Crippen LogP contribution is -2.56. The van der Waals surface area contributed by atoms with Crippen LogP contribution in [0.5, 0.6) is 5.75 Å². The first-order valence-corrected chi connectivity index (χ1v) is 5.40. The van der Waals surface area contributed by atoms with Crippen LogP contribution in [0, 0.1) is 5.82 Å². The van der Waals surface area contributed by atoms with E-state index in [9.17, 15) is 4.39 Å². The van der Waals surface area contributed by atoms with Crippen LogP contribution in [-0.4, -0.2) is 11.6 Å². The van der Waals surface area contributed by atoms with Crippen molar-refractivity contribution in [3.8, 4) is 5.75 Å². The van der Waals surface area contributed by atoms with Gasteiger partial charge in [-0.1, -0.05) is 11.6 Å². The Morgan fingerprint density at radius 2 is 1.94 bits per heavy atom. The fourth-order valence-electron chi connectivity index (χ4n) is 1.87. The van der Waals surface area contributed by atoms with Crippen LogP contribution < -0.4 is 16.2 Å². The third kappa shape index (κ3) is 2.36. The molecule has 0 aromatic heterocycles. The number of benzene rings is 1. The van der Waals surface area contributed by atoms with Crippen molar-refractivity contribution >= 4 is 24.0 Å². The maximum Gasteiger partial charge on any atom is 0.142 e. The molecule has 1 aromatic carbocycles. The lowest BCUT2D eigenvalue weighted by atomic mass is 9.85. The fourth-order valence-corrected chi connectivity index (χ4v) is 2.02. The van der Waals surface area contributed by atoms with Gasteiger partial charge in [0.1, 0.15) is 17.2 Å². The van der Waals surface area contributed by atoms with Gasteiger partial charge >= 0.3 is 0 Å². The number of hydrogen-bond acceptors (Lipinski definition) is 3. The first-order chi connectivity index (χ1) is 7.33. The van der Waals surface area contributed by atoms with Crippen LogP contribution in [-0.2, 0) is 0 Å². The summed E-state index contributed by atoms with van der Waals surface area (Å²) in [6.45, 7) is 3.69. The molecule has 0 saturated heterocycles. The van der Waals surface area contributed by atoms with E-state index in [1.54, 1.807) is 0 Å². The molecule has 17 heavy (non-hydrogen) atoms. The molecule has 96 valence electrons. The molecular formula is C11H15Cl2FN2O. The Morgan fingerprint density at radius 1 is 1.35 bits per heavy atom. The van der Waals surface area contributed by atoms with E-state index in [0.717, 1.165) is 0 Å². The molecule has 2 rings (SSSR count). The molecule has 1 aliphatic heterocycles. The Hall–Kier alpha value is -0.550. The van der Waals surface area contributed by atoms with Gasteiger partial charge < -0.3 is 16.2 Å². The van der Waals surface area contributed by atoms with Crippen LogP contribution >= 0.6 is 24.0 Å². The summed E-state index contributed by atoms with van der Waals surface area (Å²) in [5.74, 6) is -0.00280. The Labute approximate surface area is 111 Å². The molecule has 0 radical (unpaired) electrons. The predicted octanol–water partition coefficient (Wildman–Crippen LogP) is 2.40. The molecule has 3 nitrogen and oxygen atoms in total. The minimum absolute atomic E-state index is 0. The monoisotopic (exact) mass is 280 g/mol. The molecule has 0 spiro atoms. The van der Waals surface area contributed by atoms with E-state index < -0.39 is 17.5 Å². The van der Waals surface area contributed by atoms with Crippen LogP contribution in [0.3, 0.4) is 0 Å². The van der Waals surface area contributed by atoms with Gasteiger partial charge in [-0.05, 0) is 19.9 Å². The second-order valence-electron chi connectivity index (χ2n) is 4.56. The van der Waals surface area contributed by atoms with Gasteiger partial charge in [0.05, 0.1) is 17.1 Å². The Bertz CT molecular complexity index is 440. The van der Waals surface area contributed by atoms with Gasteiger partial charge in [0.25, 0.3) is 0 Å². The highest BCUT2D eigenvalue weighted by Crippen LogP contribution is 2.39. The van der Waals surface area contributed by atoms with Crippen molar-refractivity contribution in [3.63, 3.8) is 0 Å². The lowest BCUT2D eigenvalue weighted by molar-refractivity contribution is 0.0505. The summed E-state index contributed by atoms with van der Waals surface area (Å²) in [5, 5.41) is 0.0252. The standard InChI is InChI=1S/C11H14ClFN2O.ClH/c1-11(2)10(15)9(14)5-3-7(13)6(12)4-8(5)16-11;/h3-4,9-10H,14-15H2,1-2H3;1H. The second-order valence-corrected chi connectivity index (χ2v) is 4.97. The number of fused-ring (bicyclic) bond motifs is 1. The van der Waals surface area contributed by atoms with Gasteiger partial charge in [-0.3, -0.25) is 0 Å². The SMILES string of the molecule is CC1(C)Oc2cc(Cl)c(F)cc2C(N)C1N.Cl. The first-order valence-electron chi connectivity index (χ1n) is 5.02. The van der Waals surface area contributed by atoms with E-state index in [1.807, 2.05) is 13.8 Å². The van der Waals surface area contributed by atoms with E-state index >= 15 is 0 Å². The summed E-state index contributed by atoms with van der Waals surface area (Å²) < 4.78 is 19.0. The maximum atomic E-state index is 13.3. The fraction of sp³-hybridized carbons (Fsp3) is 0.455. The highest BCUT2D eigenvalue weighted by atomic mass is 35.5. The van der Waals surface area contributed by atoms with Gasteiger partial charge in [-0.25, -0.2) is 4.39 Å². The number of rotatable bonds is 0.